The van der Waals surface area contributed by atoms with Gasteiger partial charge >= 0.3 is 6.72 Å². The Kier molecular flexibility index (Phi) is 5.01. The first-order chi connectivity index (χ1) is 7.69. The van der Waals surface area contributed by atoms with Gasteiger partial charge in [-0.1, -0.05) is 0 Å². The summed E-state index contributed by atoms with van der Waals surface area (Å²) in [4.78, 5) is 17.9. The molecule has 10 heteroatoms. The molecule has 0 aromatic heterocycles. The van der Waals surface area contributed by atoms with Gasteiger partial charge in [0, 0.05) is 7.11 Å². The predicted molar refractivity (Wildman–Crippen MR) is 58.4 cm³/mol. The molecule has 17 heavy (non-hydrogen) atoms. The number of methoxy groups -OCH3 is 1. The summed E-state index contributed by atoms with van der Waals surface area (Å²) >= 11 is 4.19. The molecule has 102 valence electrons. The van der Waals surface area contributed by atoms with Gasteiger partial charge in [-0.25, -0.2) is 0 Å². The first kappa shape index (κ1) is 15.4. The van der Waals surface area contributed by atoms with E-state index in [4.69, 9.17) is 14.5 Å². The molecule has 1 fully saturated rings. The molecule has 0 aromatic rings. The molecule has 2 unspecified atom stereocenters. The average Bonchev–Trinajstić information content (AvgIpc) is 2.21. The normalized spacial score (nSPS) is 43.7. The fourth-order valence-corrected chi connectivity index (χ4v) is 2.61. The van der Waals surface area contributed by atoms with Crippen LogP contribution in [0.2, 0.25) is 0 Å². The Bertz CT molecular complexity index is 292. The SMILES string of the molecule is COC1[C@H](O)[C@H](O)C(OP(O)(O)=S)[C@H](O)[C@H]1O. The van der Waals surface area contributed by atoms with Crippen LogP contribution in [0.5, 0.6) is 0 Å². The Morgan fingerprint density at radius 3 is 1.53 bits per heavy atom. The summed E-state index contributed by atoms with van der Waals surface area (Å²) in [5.41, 5.74) is 0. The molecular formula is C7H15O8PS. The van der Waals surface area contributed by atoms with Gasteiger partial charge in [-0.3, -0.25) is 4.52 Å². The molecule has 0 saturated heterocycles. The van der Waals surface area contributed by atoms with Crippen LogP contribution in [0.25, 0.3) is 0 Å². The zero-order valence-electron chi connectivity index (χ0n) is 8.82. The van der Waals surface area contributed by atoms with Gasteiger partial charge in [0.2, 0.25) is 0 Å². The number of hydrogen-bond acceptors (Lipinski definition) is 7. The van der Waals surface area contributed by atoms with E-state index in [1.807, 2.05) is 0 Å². The van der Waals surface area contributed by atoms with E-state index >= 15 is 0 Å². The van der Waals surface area contributed by atoms with Crippen molar-refractivity contribution in [2.75, 3.05) is 7.11 Å². The molecule has 8 nitrogen and oxygen atoms in total. The maximum Gasteiger partial charge on any atom is 0.322 e. The van der Waals surface area contributed by atoms with Crippen LogP contribution in [0.3, 0.4) is 0 Å². The molecule has 0 spiro atoms. The molecule has 0 aliphatic heterocycles. The van der Waals surface area contributed by atoms with Gasteiger partial charge in [-0.15, -0.1) is 0 Å². The van der Waals surface area contributed by atoms with Crippen LogP contribution < -0.4 is 0 Å². The van der Waals surface area contributed by atoms with E-state index < -0.39 is 43.3 Å². The van der Waals surface area contributed by atoms with Crippen molar-refractivity contribution >= 4 is 18.5 Å². The van der Waals surface area contributed by atoms with Gasteiger partial charge in [0.05, 0.1) is 0 Å². The zero-order valence-corrected chi connectivity index (χ0v) is 10.5. The molecule has 1 saturated carbocycles. The highest BCUT2D eigenvalue weighted by Crippen LogP contribution is 2.41. The fourth-order valence-electron chi connectivity index (χ4n) is 1.74. The maximum absolute atomic E-state index is 9.61. The minimum absolute atomic E-state index is 1.18. The second-order valence-corrected chi connectivity index (χ2v) is 6.34. The number of hydrogen-bond donors (Lipinski definition) is 6. The van der Waals surface area contributed by atoms with Crippen LogP contribution in [0.15, 0.2) is 0 Å². The monoisotopic (exact) mass is 290 g/mol. The number of rotatable bonds is 3. The Balaban J connectivity index is 2.89. The quantitative estimate of drug-likeness (QED) is 0.301. The standard InChI is InChI=1S/C7H15O8PS/c1-14-6-2(8)4(10)7(5(11)3(6)9)15-16(12,13)17/h2-11H,1H3,(H2,12,13,17)/t2-,3-,4-,5+,6?,7?/m1/s1. The van der Waals surface area contributed by atoms with Crippen molar-refractivity contribution in [3.05, 3.63) is 0 Å². The molecule has 1 aliphatic rings. The van der Waals surface area contributed by atoms with Gasteiger partial charge < -0.3 is 34.9 Å². The predicted octanol–water partition coefficient (Wildman–Crippen LogP) is -2.95. The molecule has 6 atom stereocenters. The summed E-state index contributed by atoms with van der Waals surface area (Å²) in [6.45, 7) is -4.14. The van der Waals surface area contributed by atoms with E-state index in [1.54, 1.807) is 0 Å². The third-order valence-electron chi connectivity index (χ3n) is 2.58. The molecule has 0 aromatic carbocycles. The van der Waals surface area contributed by atoms with Crippen LogP contribution in [-0.2, 0) is 21.1 Å². The lowest BCUT2D eigenvalue weighted by atomic mass is 9.85. The first-order valence-corrected chi connectivity index (χ1v) is 7.30. The number of aliphatic hydroxyl groups is 4. The van der Waals surface area contributed by atoms with Crippen LogP contribution in [-0.4, -0.2) is 73.9 Å². The van der Waals surface area contributed by atoms with E-state index in [-0.39, 0.29) is 0 Å². The molecule has 1 rings (SSSR count). The van der Waals surface area contributed by atoms with Crippen LogP contribution in [0.1, 0.15) is 0 Å². The lowest BCUT2D eigenvalue weighted by molar-refractivity contribution is -0.224. The molecule has 0 bridgehead atoms. The van der Waals surface area contributed by atoms with E-state index in [9.17, 15) is 20.4 Å². The Labute approximate surface area is 102 Å². The summed E-state index contributed by atoms with van der Waals surface area (Å²) < 4.78 is 9.22. The van der Waals surface area contributed by atoms with Crippen molar-refractivity contribution in [3.8, 4) is 0 Å². The van der Waals surface area contributed by atoms with E-state index in [0.29, 0.717) is 0 Å². The summed E-state index contributed by atoms with van der Waals surface area (Å²) in [6, 6.07) is 0. The third kappa shape index (κ3) is 3.42. The second-order valence-electron chi connectivity index (χ2n) is 3.72. The van der Waals surface area contributed by atoms with Gasteiger partial charge in [0.15, 0.2) is 0 Å². The average molecular weight is 290 g/mol. The summed E-state index contributed by atoms with van der Waals surface area (Å²) in [5, 5.41) is 38.4. The molecular weight excluding hydrogens is 275 g/mol. The molecule has 0 amide bonds. The smallest absolute Gasteiger partial charge is 0.322 e. The largest absolute Gasteiger partial charge is 0.387 e. The van der Waals surface area contributed by atoms with Crippen molar-refractivity contribution in [2.24, 2.45) is 0 Å². The molecule has 0 radical (unpaired) electrons. The fraction of sp³-hybridized carbons (Fsp3) is 1.00. The highest BCUT2D eigenvalue weighted by atomic mass is 32.5. The van der Waals surface area contributed by atoms with Crippen LogP contribution in [0.4, 0.5) is 0 Å². The summed E-state index contributed by atoms with van der Waals surface area (Å²) in [7, 11) is 1.18. The zero-order chi connectivity index (χ0) is 13.4. The van der Waals surface area contributed by atoms with Gasteiger partial charge in [-0.2, -0.15) is 0 Å². The minimum atomic E-state index is -4.14. The lowest BCUT2D eigenvalue weighted by Gasteiger charge is -2.43. The van der Waals surface area contributed by atoms with Gasteiger partial charge in [0.25, 0.3) is 0 Å². The van der Waals surface area contributed by atoms with Gasteiger partial charge in [-0.05, 0) is 11.8 Å². The van der Waals surface area contributed by atoms with E-state index in [2.05, 4.69) is 16.3 Å². The van der Waals surface area contributed by atoms with Gasteiger partial charge in [0.1, 0.15) is 36.6 Å². The van der Waals surface area contributed by atoms with Crippen molar-refractivity contribution < 1.29 is 39.5 Å². The summed E-state index contributed by atoms with van der Waals surface area (Å²) in [5.74, 6) is 0. The van der Waals surface area contributed by atoms with E-state index in [0.717, 1.165) is 0 Å². The first-order valence-electron chi connectivity index (χ1n) is 4.68. The van der Waals surface area contributed by atoms with E-state index in [1.165, 1.54) is 7.11 Å². The molecule has 6 N–H and O–H groups in total. The summed E-state index contributed by atoms with van der Waals surface area (Å²) in [6.07, 6.45) is -9.25. The molecule has 1 aliphatic carbocycles. The van der Waals surface area contributed by atoms with Crippen LogP contribution >= 0.6 is 6.72 Å². The number of ether oxygens (including phenoxy) is 1. The Hall–Kier alpha value is 0.330. The third-order valence-corrected chi connectivity index (χ3v) is 3.35. The van der Waals surface area contributed by atoms with Crippen molar-refractivity contribution in [1.82, 2.24) is 0 Å². The highest BCUT2D eigenvalue weighted by molar-refractivity contribution is 8.06. The second kappa shape index (κ2) is 5.54. The lowest BCUT2D eigenvalue weighted by Crippen LogP contribution is -2.64. The topological polar surface area (TPSA) is 140 Å². The van der Waals surface area contributed by atoms with Crippen molar-refractivity contribution in [3.63, 3.8) is 0 Å². The highest BCUT2D eigenvalue weighted by Gasteiger charge is 2.51. The Morgan fingerprint density at radius 1 is 0.882 bits per heavy atom. The molecule has 0 heterocycles. The van der Waals surface area contributed by atoms with Crippen molar-refractivity contribution in [2.45, 2.75) is 36.6 Å². The van der Waals surface area contributed by atoms with Crippen molar-refractivity contribution in [1.29, 1.82) is 0 Å². The Morgan fingerprint density at radius 2 is 1.24 bits per heavy atom. The number of aliphatic hydroxyl groups excluding tert-OH is 4. The minimum Gasteiger partial charge on any atom is -0.387 e. The maximum atomic E-state index is 9.61. The van der Waals surface area contributed by atoms with Crippen LogP contribution in [0, 0.1) is 0 Å².